The molecule has 2 rings (SSSR count). The molecule has 0 unspecified atom stereocenters. The maximum Gasteiger partial charge on any atom is 0.330 e. The lowest BCUT2D eigenvalue weighted by molar-refractivity contribution is -0.0645. The van der Waals surface area contributed by atoms with Gasteiger partial charge in [0.05, 0.1) is 5.60 Å². The first-order chi connectivity index (χ1) is 7.54. The molecule has 2 heterocycles. The van der Waals surface area contributed by atoms with E-state index < -0.39 is 5.69 Å². The van der Waals surface area contributed by atoms with Gasteiger partial charge in [0.15, 0.2) is 0 Å². The minimum absolute atomic E-state index is 0.153. The van der Waals surface area contributed by atoms with E-state index in [0.29, 0.717) is 0 Å². The molecule has 0 aliphatic carbocycles. The van der Waals surface area contributed by atoms with Gasteiger partial charge in [-0.15, -0.1) is 0 Å². The lowest BCUT2D eigenvalue weighted by atomic mass is 10.00. The van der Waals surface area contributed by atoms with Gasteiger partial charge in [0.25, 0.3) is 5.56 Å². The van der Waals surface area contributed by atoms with Gasteiger partial charge in [0, 0.05) is 12.3 Å². The van der Waals surface area contributed by atoms with E-state index in [1.54, 1.807) is 0 Å². The minimum atomic E-state index is -0.405. The standard InChI is InChI=1S/C11H16N2O3/c1-3-11(2)6-4-9(16-11)13-7-5-8(14)12-10(13)15/h5,7,9H,3-4,6H2,1-2H3,(H,12,14,15)/t9-,11-/m1/s1. The summed E-state index contributed by atoms with van der Waals surface area (Å²) in [4.78, 5) is 24.7. The van der Waals surface area contributed by atoms with Crippen LogP contribution in [0.1, 0.15) is 39.3 Å². The van der Waals surface area contributed by atoms with E-state index in [1.807, 2.05) is 6.92 Å². The number of nitrogens with zero attached hydrogens (tertiary/aromatic N) is 1. The minimum Gasteiger partial charge on any atom is -0.352 e. The van der Waals surface area contributed by atoms with Crippen molar-refractivity contribution in [3.05, 3.63) is 33.1 Å². The molecule has 0 radical (unpaired) electrons. The summed E-state index contributed by atoms with van der Waals surface area (Å²) in [6, 6.07) is 1.34. The maximum absolute atomic E-state index is 11.6. The van der Waals surface area contributed by atoms with Gasteiger partial charge in [-0.25, -0.2) is 4.79 Å². The maximum atomic E-state index is 11.6. The predicted molar refractivity (Wildman–Crippen MR) is 59.4 cm³/mol. The van der Waals surface area contributed by atoms with Crippen LogP contribution in [-0.4, -0.2) is 15.2 Å². The van der Waals surface area contributed by atoms with E-state index in [-0.39, 0.29) is 17.4 Å². The average Bonchev–Trinajstić information content (AvgIpc) is 2.62. The third kappa shape index (κ3) is 1.95. The van der Waals surface area contributed by atoms with Gasteiger partial charge in [-0.1, -0.05) is 6.92 Å². The first kappa shape index (κ1) is 11.1. The van der Waals surface area contributed by atoms with Gasteiger partial charge in [-0.2, -0.15) is 0 Å². The molecule has 1 N–H and O–H groups in total. The fourth-order valence-electron chi connectivity index (χ4n) is 1.99. The average molecular weight is 224 g/mol. The van der Waals surface area contributed by atoms with E-state index in [4.69, 9.17) is 4.74 Å². The van der Waals surface area contributed by atoms with E-state index in [2.05, 4.69) is 11.9 Å². The highest BCUT2D eigenvalue weighted by Gasteiger charge is 2.35. The van der Waals surface area contributed by atoms with Crippen molar-refractivity contribution in [2.45, 2.75) is 44.9 Å². The molecule has 1 aromatic rings. The number of nitrogens with one attached hydrogen (secondary N) is 1. The molecule has 16 heavy (non-hydrogen) atoms. The summed E-state index contributed by atoms with van der Waals surface area (Å²) in [6.45, 7) is 4.11. The number of ether oxygens (including phenoxy) is 1. The molecule has 1 fully saturated rings. The Kier molecular flexibility index (Phi) is 2.71. The summed E-state index contributed by atoms with van der Waals surface area (Å²) < 4.78 is 7.29. The Bertz CT molecular complexity index is 490. The van der Waals surface area contributed by atoms with Crippen LogP contribution in [0.5, 0.6) is 0 Å². The number of rotatable bonds is 2. The Morgan fingerprint density at radius 3 is 2.94 bits per heavy atom. The highest BCUT2D eigenvalue weighted by molar-refractivity contribution is 4.88. The van der Waals surface area contributed by atoms with Crippen LogP contribution >= 0.6 is 0 Å². The molecule has 1 aliphatic heterocycles. The fourth-order valence-corrected chi connectivity index (χ4v) is 1.99. The monoisotopic (exact) mass is 224 g/mol. The van der Waals surface area contributed by atoms with Gasteiger partial charge < -0.3 is 4.74 Å². The lowest BCUT2D eigenvalue weighted by Crippen LogP contribution is -2.32. The molecule has 1 saturated heterocycles. The van der Waals surface area contributed by atoms with Crippen molar-refractivity contribution in [2.24, 2.45) is 0 Å². The Labute approximate surface area is 93.1 Å². The molecule has 0 saturated carbocycles. The summed E-state index contributed by atoms with van der Waals surface area (Å²) in [5.74, 6) is 0. The van der Waals surface area contributed by atoms with Crippen LogP contribution in [-0.2, 0) is 4.74 Å². The van der Waals surface area contributed by atoms with Crippen LogP contribution in [0.4, 0.5) is 0 Å². The summed E-state index contributed by atoms with van der Waals surface area (Å²) in [7, 11) is 0. The second kappa shape index (κ2) is 3.90. The van der Waals surface area contributed by atoms with Crippen molar-refractivity contribution in [2.75, 3.05) is 0 Å². The summed E-state index contributed by atoms with van der Waals surface area (Å²) >= 11 is 0. The van der Waals surface area contributed by atoms with Crippen molar-refractivity contribution in [3.8, 4) is 0 Å². The smallest absolute Gasteiger partial charge is 0.330 e. The fraction of sp³-hybridized carbons (Fsp3) is 0.636. The number of hydrogen-bond acceptors (Lipinski definition) is 3. The Balaban J connectivity index is 2.27. The molecule has 0 bridgehead atoms. The molecule has 88 valence electrons. The zero-order chi connectivity index (χ0) is 11.8. The van der Waals surface area contributed by atoms with E-state index in [0.717, 1.165) is 19.3 Å². The molecular formula is C11H16N2O3. The van der Waals surface area contributed by atoms with E-state index in [1.165, 1.54) is 16.8 Å². The summed E-state index contributed by atoms with van der Waals surface area (Å²) in [5.41, 5.74) is -0.935. The third-order valence-corrected chi connectivity index (χ3v) is 3.25. The van der Waals surface area contributed by atoms with Crippen molar-refractivity contribution in [1.82, 2.24) is 9.55 Å². The van der Waals surface area contributed by atoms with Crippen molar-refractivity contribution < 1.29 is 4.74 Å². The van der Waals surface area contributed by atoms with E-state index >= 15 is 0 Å². The van der Waals surface area contributed by atoms with Crippen molar-refractivity contribution in [1.29, 1.82) is 0 Å². The second-order valence-corrected chi connectivity index (χ2v) is 4.43. The third-order valence-electron chi connectivity index (χ3n) is 3.25. The lowest BCUT2D eigenvalue weighted by Gasteiger charge is -2.23. The van der Waals surface area contributed by atoms with E-state index in [9.17, 15) is 9.59 Å². The summed E-state index contributed by atoms with van der Waals surface area (Å²) in [6.07, 6.45) is 3.89. The Morgan fingerprint density at radius 2 is 2.38 bits per heavy atom. The molecule has 1 aliphatic rings. The van der Waals surface area contributed by atoms with Crippen LogP contribution in [0.15, 0.2) is 21.9 Å². The van der Waals surface area contributed by atoms with Gasteiger partial charge >= 0.3 is 5.69 Å². The number of aromatic amines is 1. The zero-order valence-corrected chi connectivity index (χ0v) is 9.53. The van der Waals surface area contributed by atoms with Crippen LogP contribution in [0.3, 0.4) is 0 Å². The van der Waals surface area contributed by atoms with Crippen molar-refractivity contribution >= 4 is 0 Å². The first-order valence-corrected chi connectivity index (χ1v) is 5.53. The molecule has 0 amide bonds. The quantitative estimate of drug-likeness (QED) is 0.815. The molecular weight excluding hydrogens is 208 g/mol. The van der Waals surface area contributed by atoms with Crippen LogP contribution < -0.4 is 11.2 Å². The highest BCUT2D eigenvalue weighted by Crippen LogP contribution is 2.37. The molecule has 2 atom stereocenters. The van der Waals surface area contributed by atoms with Gasteiger partial charge in [0.1, 0.15) is 6.23 Å². The molecule has 0 aromatic carbocycles. The van der Waals surface area contributed by atoms with Crippen LogP contribution in [0.2, 0.25) is 0 Å². The Morgan fingerprint density at radius 1 is 1.62 bits per heavy atom. The molecule has 5 nitrogen and oxygen atoms in total. The predicted octanol–water partition coefficient (Wildman–Crippen LogP) is 1.01. The SMILES string of the molecule is CC[C@]1(C)CC[C@H](n2ccc(=O)[nH]c2=O)O1. The summed E-state index contributed by atoms with van der Waals surface area (Å²) in [5, 5.41) is 0. The normalized spacial score (nSPS) is 29.5. The number of hydrogen-bond donors (Lipinski definition) is 1. The first-order valence-electron chi connectivity index (χ1n) is 5.53. The number of H-pyrrole nitrogens is 1. The number of aromatic nitrogens is 2. The molecule has 5 heteroatoms. The topological polar surface area (TPSA) is 64.1 Å². The van der Waals surface area contributed by atoms with Gasteiger partial charge in [-0.3, -0.25) is 14.3 Å². The second-order valence-electron chi connectivity index (χ2n) is 4.43. The highest BCUT2D eigenvalue weighted by atomic mass is 16.5. The Hall–Kier alpha value is -1.36. The molecule has 1 aromatic heterocycles. The van der Waals surface area contributed by atoms with Crippen molar-refractivity contribution in [3.63, 3.8) is 0 Å². The van der Waals surface area contributed by atoms with Gasteiger partial charge in [-0.05, 0) is 26.2 Å². The van der Waals surface area contributed by atoms with Crippen LogP contribution in [0, 0.1) is 0 Å². The van der Waals surface area contributed by atoms with Crippen LogP contribution in [0.25, 0.3) is 0 Å². The zero-order valence-electron chi connectivity index (χ0n) is 9.53. The van der Waals surface area contributed by atoms with Gasteiger partial charge in [0.2, 0.25) is 0 Å². The molecule has 0 spiro atoms. The largest absolute Gasteiger partial charge is 0.352 e.